The Balaban J connectivity index is 2.43. The van der Waals surface area contributed by atoms with Crippen LogP contribution in [0.4, 0.5) is 15.8 Å². The quantitative estimate of drug-likeness (QED) is 0.671. The summed E-state index contributed by atoms with van der Waals surface area (Å²) < 4.78 is 41.3. The monoisotopic (exact) mass is 456 g/mol. The van der Waals surface area contributed by atoms with E-state index in [1.807, 2.05) is 0 Å². The van der Waals surface area contributed by atoms with Crippen LogP contribution in [0.2, 0.25) is 5.02 Å². The highest BCUT2D eigenvalue weighted by molar-refractivity contribution is 9.11. The van der Waals surface area contributed by atoms with Gasteiger partial charge in [0.15, 0.2) is 0 Å². The lowest BCUT2D eigenvalue weighted by Crippen LogP contribution is -2.15. The summed E-state index contributed by atoms with van der Waals surface area (Å²) in [6.07, 6.45) is 0. The second kappa shape index (κ2) is 6.12. The zero-order valence-corrected chi connectivity index (χ0v) is 14.9. The van der Waals surface area contributed by atoms with Gasteiger partial charge in [0, 0.05) is 14.6 Å². The van der Waals surface area contributed by atoms with Crippen LogP contribution in [-0.2, 0) is 10.0 Å². The van der Waals surface area contributed by atoms with Crippen LogP contribution in [0, 0.1) is 5.82 Å². The van der Waals surface area contributed by atoms with Crippen molar-refractivity contribution in [2.45, 2.75) is 4.90 Å². The van der Waals surface area contributed by atoms with E-state index in [2.05, 4.69) is 36.6 Å². The molecule has 0 fully saturated rings. The van der Waals surface area contributed by atoms with Crippen molar-refractivity contribution in [3.63, 3.8) is 0 Å². The number of hydrogen-bond acceptors (Lipinski definition) is 3. The molecule has 0 spiro atoms. The van der Waals surface area contributed by atoms with Gasteiger partial charge in [-0.1, -0.05) is 11.6 Å². The molecule has 0 amide bonds. The number of halogens is 4. The molecule has 2 aromatic carbocycles. The van der Waals surface area contributed by atoms with E-state index >= 15 is 0 Å². The molecule has 3 N–H and O–H groups in total. The fourth-order valence-electron chi connectivity index (χ4n) is 1.52. The molecular weight excluding hydrogens is 450 g/mol. The lowest BCUT2D eigenvalue weighted by atomic mass is 10.3. The SMILES string of the molecule is Nc1cc(S(=O)(=O)Nc2ccc(Cl)c(Br)c2)c(F)cc1Br. The summed E-state index contributed by atoms with van der Waals surface area (Å²) >= 11 is 12.0. The van der Waals surface area contributed by atoms with Crippen LogP contribution in [0.3, 0.4) is 0 Å². The molecule has 112 valence electrons. The predicted molar refractivity (Wildman–Crippen MR) is 88.5 cm³/mol. The number of hydrogen-bond donors (Lipinski definition) is 2. The molecule has 9 heteroatoms. The van der Waals surface area contributed by atoms with Crippen molar-refractivity contribution in [1.29, 1.82) is 0 Å². The van der Waals surface area contributed by atoms with Crippen molar-refractivity contribution in [1.82, 2.24) is 0 Å². The number of benzene rings is 2. The van der Waals surface area contributed by atoms with Crippen LogP contribution in [0.1, 0.15) is 0 Å². The molecule has 2 aromatic rings. The van der Waals surface area contributed by atoms with Crippen molar-refractivity contribution in [2.75, 3.05) is 10.5 Å². The zero-order valence-electron chi connectivity index (χ0n) is 10.2. The van der Waals surface area contributed by atoms with Crippen molar-refractivity contribution >= 4 is 64.9 Å². The summed E-state index contributed by atoms with van der Waals surface area (Å²) in [5, 5.41) is 0.428. The highest BCUT2D eigenvalue weighted by Gasteiger charge is 2.21. The van der Waals surface area contributed by atoms with Gasteiger partial charge in [-0.2, -0.15) is 0 Å². The summed E-state index contributed by atoms with van der Waals surface area (Å²) in [6, 6.07) is 6.49. The van der Waals surface area contributed by atoms with Crippen molar-refractivity contribution in [2.24, 2.45) is 0 Å². The zero-order chi connectivity index (χ0) is 15.8. The Bertz CT molecular complexity index is 815. The molecule has 0 bridgehead atoms. The molecule has 0 aliphatic heterocycles. The van der Waals surface area contributed by atoms with Crippen LogP contribution in [0.5, 0.6) is 0 Å². The van der Waals surface area contributed by atoms with E-state index in [1.54, 1.807) is 0 Å². The molecule has 0 unspecified atom stereocenters. The fraction of sp³-hybridized carbons (Fsp3) is 0. The molecule has 4 nitrogen and oxygen atoms in total. The first kappa shape index (κ1) is 16.5. The van der Waals surface area contributed by atoms with Crippen molar-refractivity contribution in [3.8, 4) is 0 Å². The number of nitrogens with one attached hydrogen (secondary N) is 1. The predicted octanol–water partition coefficient (Wildman–Crippen LogP) is 4.39. The van der Waals surface area contributed by atoms with Crippen LogP contribution >= 0.6 is 43.5 Å². The highest BCUT2D eigenvalue weighted by atomic mass is 79.9. The maximum absolute atomic E-state index is 13.8. The van der Waals surface area contributed by atoms with Gasteiger partial charge < -0.3 is 5.73 Å². The van der Waals surface area contributed by atoms with Crippen molar-refractivity contribution < 1.29 is 12.8 Å². The number of anilines is 2. The average Bonchev–Trinajstić information content (AvgIpc) is 2.37. The van der Waals surface area contributed by atoms with Gasteiger partial charge in [0.05, 0.1) is 10.7 Å². The molecular formula is C12H8Br2ClFN2O2S. The number of nitrogen functional groups attached to an aromatic ring is 1. The van der Waals surface area contributed by atoms with Crippen LogP contribution in [0.25, 0.3) is 0 Å². The number of sulfonamides is 1. The van der Waals surface area contributed by atoms with E-state index in [9.17, 15) is 12.8 Å². The summed E-state index contributed by atoms with van der Waals surface area (Å²) in [5.41, 5.74) is 5.96. The highest BCUT2D eigenvalue weighted by Crippen LogP contribution is 2.29. The minimum atomic E-state index is -4.10. The third-order valence-corrected chi connectivity index (χ3v) is 5.81. The van der Waals surface area contributed by atoms with E-state index in [0.29, 0.717) is 9.50 Å². The third kappa shape index (κ3) is 3.68. The van der Waals surface area contributed by atoms with Crippen LogP contribution in [0.15, 0.2) is 44.2 Å². The smallest absolute Gasteiger partial charge is 0.264 e. The second-order valence-electron chi connectivity index (χ2n) is 4.04. The molecule has 0 aromatic heterocycles. The third-order valence-electron chi connectivity index (χ3n) is 2.51. The molecule has 0 radical (unpaired) electrons. The van der Waals surface area contributed by atoms with Crippen molar-refractivity contribution in [3.05, 3.63) is 50.1 Å². The van der Waals surface area contributed by atoms with E-state index < -0.39 is 20.7 Å². The van der Waals surface area contributed by atoms with E-state index in [0.717, 1.165) is 12.1 Å². The Labute approximate surface area is 142 Å². The molecule has 0 aliphatic carbocycles. The average molecular weight is 459 g/mol. The molecule has 0 saturated heterocycles. The van der Waals surface area contributed by atoms with Gasteiger partial charge in [0.1, 0.15) is 10.7 Å². The first-order valence-corrected chi connectivity index (χ1v) is 8.88. The Morgan fingerprint density at radius 1 is 1.14 bits per heavy atom. The maximum atomic E-state index is 13.8. The first-order chi connectivity index (χ1) is 9.70. The fourth-order valence-corrected chi connectivity index (χ4v) is 3.48. The van der Waals surface area contributed by atoms with Gasteiger partial charge in [-0.3, -0.25) is 4.72 Å². The number of nitrogens with two attached hydrogens (primary N) is 1. The molecule has 2 rings (SSSR count). The largest absolute Gasteiger partial charge is 0.398 e. The van der Waals surface area contributed by atoms with Crippen LogP contribution < -0.4 is 10.5 Å². The molecule has 0 atom stereocenters. The van der Waals surface area contributed by atoms with Gasteiger partial charge in [-0.25, -0.2) is 12.8 Å². The Hall–Kier alpha value is -0.830. The minimum Gasteiger partial charge on any atom is -0.398 e. The lowest BCUT2D eigenvalue weighted by Gasteiger charge is -2.11. The van der Waals surface area contributed by atoms with E-state index in [-0.39, 0.29) is 15.8 Å². The molecule has 0 saturated carbocycles. The normalized spacial score (nSPS) is 11.4. The molecule has 0 heterocycles. The Morgan fingerprint density at radius 3 is 2.43 bits per heavy atom. The summed E-state index contributed by atoms with van der Waals surface area (Å²) in [7, 11) is -4.10. The van der Waals surface area contributed by atoms with Crippen LogP contribution in [-0.4, -0.2) is 8.42 Å². The minimum absolute atomic E-state index is 0.120. The van der Waals surface area contributed by atoms with Gasteiger partial charge in [0.25, 0.3) is 10.0 Å². The van der Waals surface area contributed by atoms with Gasteiger partial charge in [-0.15, -0.1) is 0 Å². The first-order valence-electron chi connectivity index (χ1n) is 5.43. The lowest BCUT2D eigenvalue weighted by molar-refractivity contribution is 0.570. The topological polar surface area (TPSA) is 72.2 Å². The Morgan fingerprint density at radius 2 is 1.81 bits per heavy atom. The standard InChI is InChI=1S/C12H8Br2ClFN2O2S/c13-7-3-6(1-2-9(7)15)18-21(19,20)12-5-11(17)8(14)4-10(12)16/h1-5,18H,17H2. The maximum Gasteiger partial charge on any atom is 0.264 e. The number of rotatable bonds is 3. The summed E-state index contributed by atoms with van der Waals surface area (Å²) in [6.45, 7) is 0. The summed E-state index contributed by atoms with van der Waals surface area (Å²) in [4.78, 5) is -0.533. The van der Waals surface area contributed by atoms with Gasteiger partial charge in [-0.05, 0) is 62.2 Å². The van der Waals surface area contributed by atoms with E-state index in [1.165, 1.54) is 18.2 Å². The molecule has 0 aliphatic rings. The van der Waals surface area contributed by atoms with Gasteiger partial charge in [0.2, 0.25) is 0 Å². The summed E-state index contributed by atoms with van der Waals surface area (Å²) in [5.74, 6) is -0.906. The van der Waals surface area contributed by atoms with E-state index in [4.69, 9.17) is 17.3 Å². The van der Waals surface area contributed by atoms with Gasteiger partial charge >= 0.3 is 0 Å². The molecule has 21 heavy (non-hydrogen) atoms. The Kier molecular flexibility index (Phi) is 4.82. The second-order valence-corrected chi connectivity index (χ2v) is 7.81.